The predicted molar refractivity (Wildman–Crippen MR) is 66.2 cm³/mol. The number of likely N-dealkylation sites (N-methyl/N-ethyl adjacent to an activating group) is 1. The lowest BCUT2D eigenvalue weighted by atomic mass is 9.91. The molecule has 1 saturated heterocycles. The average molecular weight is 258 g/mol. The molecule has 0 spiro atoms. The summed E-state index contributed by atoms with van der Waals surface area (Å²) in [5, 5.41) is 15.0. The first-order valence-corrected chi connectivity index (χ1v) is 6.31. The van der Waals surface area contributed by atoms with Gasteiger partial charge in [0.05, 0.1) is 19.1 Å². The Morgan fingerprint density at radius 3 is 2.39 bits per heavy atom. The number of nitrogens with one attached hydrogen (secondary N) is 2. The summed E-state index contributed by atoms with van der Waals surface area (Å²) in [5.74, 6) is -1.56. The number of hydrogen-bond acceptors (Lipinski definition) is 4. The van der Waals surface area contributed by atoms with Gasteiger partial charge in [0.2, 0.25) is 5.91 Å². The van der Waals surface area contributed by atoms with Crippen molar-refractivity contribution in [1.82, 2.24) is 10.6 Å². The van der Waals surface area contributed by atoms with Crippen molar-refractivity contribution in [2.75, 3.05) is 20.3 Å². The van der Waals surface area contributed by atoms with E-state index in [4.69, 9.17) is 4.74 Å². The molecule has 2 unspecified atom stereocenters. The van der Waals surface area contributed by atoms with Crippen LogP contribution in [0.4, 0.5) is 0 Å². The van der Waals surface area contributed by atoms with E-state index in [0.29, 0.717) is 26.1 Å². The molecular formula is C12H22N2O4. The van der Waals surface area contributed by atoms with Gasteiger partial charge < -0.3 is 20.5 Å². The molecule has 1 amide bonds. The average Bonchev–Trinajstić information content (AvgIpc) is 2.83. The molecule has 0 radical (unpaired) electrons. The molecule has 6 heteroatoms. The van der Waals surface area contributed by atoms with Gasteiger partial charge in [-0.25, -0.2) is 4.79 Å². The highest BCUT2D eigenvalue weighted by Crippen LogP contribution is 2.19. The standard InChI is InChI=1S/C12H22N2O4/c1-4-12(5-2,11(16)17)14-10(15)8-6-18-7-9(8)13-3/h8-9,13H,4-7H2,1-3H3,(H,14,15)(H,16,17). The fraction of sp³-hybridized carbons (Fsp3) is 0.833. The minimum atomic E-state index is -1.17. The Morgan fingerprint density at radius 2 is 1.94 bits per heavy atom. The molecule has 1 aliphatic heterocycles. The van der Waals surface area contributed by atoms with Gasteiger partial charge in [-0.15, -0.1) is 0 Å². The largest absolute Gasteiger partial charge is 0.480 e. The van der Waals surface area contributed by atoms with Gasteiger partial charge in [0.1, 0.15) is 5.54 Å². The van der Waals surface area contributed by atoms with Gasteiger partial charge in [0, 0.05) is 6.04 Å². The highest BCUT2D eigenvalue weighted by Gasteiger charge is 2.41. The number of rotatable bonds is 6. The zero-order valence-corrected chi connectivity index (χ0v) is 11.2. The normalized spacial score (nSPS) is 23.9. The summed E-state index contributed by atoms with van der Waals surface area (Å²) in [5.41, 5.74) is -1.17. The third-order valence-electron chi connectivity index (χ3n) is 3.77. The summed E-state index contributed by atoms with van der Waals surface area (Å²) in [4.78, 5) is 23.5. The zero-order chi connectivity index (χ0) is 13.8. The lowest BCUT2D eigenvalue weighted by Gasteiger charge is -2.30. The molecule has 1 heterocycles. The predicted octanol–water partition coefficient (Wildman–Crippen LogP) is -0.0196. The van der Waals surface area contributed by atoms with Gasteiger partial charge >= 0.3 is 5.97 Å². The van der Waals surface area contributed by atoms with Crippen molar-refractivity contribution >= 4 is 11.9 Å². The van der Waals surface area contributed by atoms with E-state index >= 15 is 0 Å². The molecule has 2 atom stereocenters. The molecular weight excluding hydrogens is 236 g/mol. The molecule has 1 fully saturated rings. The Morgan fingerprint density at radius 1 is 1.33 bits per heavy atom. The highest BCUT2D eigenvalue weighted by molar-refractivity contribution is 5.88. The summed E-state index contributed by atoms with van der Waals surface area (Å²) in [7, 11) is 1.77. The van der Waals surface area contributed by atoms with Gasteiger partial charge in [-0.3, -0.25) is 4.79 Å². The van der Waals surface area contributed by atoms with Crippen molar-refractivity contribution in [2.45, 2.75) is 38.3 Å². The minimum Gasteiger partial charge on any atom is -0.480 e. The number of carbonyl (C=O) groups is 2. The summed E-state index contributed by atoms with van der Waals surface area (Å²) < 4.78 is 5.25. The Balaban J connectivity index is 2.75. The topological polar surface area (TPSA) is 87.7 Å². The number of carbonyl (C=O) groups excluding carboxylic acids is 1. The van der Waals surface area contributed by atoms with Crippen LogP contribution < -0.4 is 10.6 Å². The number of aliphatic carboxylic acids is 1. The summed E-state index contributed by atoms with van der Waals surface area (Å²) in [6.45, 7) is 4.34. The van der Waals surface area contributed by atoms with Gasteiger partial charge in [-0.1, -0.05) is 13.8 Å². The van der Waals surface area contributed by atoms with Crippen LogP contribution in [0.15, 0.2) is 0 Å². The number of carboxylic acid groups (broad SMARTS) is 1. The van der Waals surface area contributed by atoms with Crippen molar-refractivity contribution in [2.24, 2.45) is 5.92 Å². The molecule has 6 nitrogen and oxygen atoms in total. The summed E-state index contributed by atoms with van der Waals surface area (Å²) >= 11 is 0. The van der Waals surface area contributed by atoms with E-state index in [-0.39, 0.29) is 17.9 Å². The summed E-state index contributed by atoms with van der Waals surface area (Å²) in [6, 6.07) is -0.0507. The van der Waals surface area contributed by atoms with Crippen molar-refractivity contribution in [3.8, 4) is 0 Å². The second kappa shape index (κ2) is 6.15. The first-order valence-electron chi connectivity index (χ1n) is 6.31. The van der Waals surface area contributed by atoms with E-state index in [1.165, 1.54) is 0 Å². The van der Waals surface area contributed by atoms with Crippen LogP contribution in [0.2, 0.25) is 0 Å². The lowest BCUT2D eigenvalue weighted by molar-refractivity contribution is -0.148. The van der Waals surface area contributed by atoms with Gasteiger partial charge in [0.25, 0.3) is 0 Å². The monoisotopic (exact) mass is 258 g/mol. The van der Waals surface area contributed by atoms with Crippen LogP contribution in [0.1, 0.15) is 26.7 Å². The van der Waals surface area contributed by atoms with Crippen LogP contribution >= 0.6 is 0 Å². The van der Waals surface area contributed by atoms with Crippen molar-refractivity contribution in [3.05, 3.63) is 0 Å². The molecule has 0 aromatic heterocycles. The fourth-order valence-corrected chi connectivity index (χ4v) is 2.21. The SMILES string of the molecule is CCC(CC)(NC(=O)C1COCC1NC)C(=O)O. The van der Waals surface area contributed by atoms with Gasteiger partial charge in [-0.05, 0) is 19.9 Å². The van der Waals surface area contributed by atoms with Crippen molar-refractivity contribution < 1.29 is 19.4 Å². The molecule has 0 saturated carbocycles. The second-order valence-electron chi connectivity index (χ2n) is 4.62. The Bertz CT molecular complexity index is 315. The van der Waals surface area contributed by atoms with Crippen molar-refractivity contribution in [1.29, 1.82) is 0 Å². The Hall–Kier alpha value is -1.14. The number of hydrogen-bond donors (Lipinski definition) is 3. The third-order valence-corrected chi connectivity index (χ3v) is 3.77. The first-order chi connectivity index (χ1) is 8.50. The van der Waals surface area contributed by atoms with E-state index in [0.717, 1.165) is 0 Å². The zero-order valence-electron chi connectivity index (χ0n) is 11.2. The molecule has 0 aromatic carbocycles. The van der Waals surface area contributed by atoms with Crippen LogP contribution in [-0.4, -0.2) is 48.8 Å². The Kier molecular flexibility index (Phi) is 5.10. The molecule has 1 aliphatic rings. The number of carboxylic acids is 1. The highest BCUT2D eigenvalue weighted by atomic mass is 16.5. The molecule has 1 rings (SSSR count). The van der Waals surface area contributed by atoms with Crippen LogP contribution in [0.5, 0.6) is 0 Å². The smallest absolute Gasteiger partial charge is 0.329 e. The second-order valence-corrected chi connectivity index (χ2v) is 4.62. The van der Waals surface area contributed by atoms with E-state index < -0.39 is 11.5 Å². The maximum atomic E-state index is 12.2. The van der Waals surface area contributed by atoms with E-state index in [2.05, 4.69) is 10.6 Å². The van der Waals surface area contributed by atoms with Crippen molar-refractivity contribution in [3.63, 3.8) is 0 Å². The van der Waals surface area contributed by atoms with Crippen LogP contribution in [0.3, 0.4) is 0 Å². The van der Waals surface area contributed by atoms with Crippen LogP contribution in [-0.2, 0) is 14.3 Å². The first kappa shape index (κ1) is 14.9. The van der Waals surface area contributed by atoms with Gasteiger partial charge in [0.15, 0.2) is 0 Å². The van der Waals surface area contributed by atoms with Gasteiger partial charge in [-0.2, -0.15) is 0 Å². The fourth-order valence-electron chi connectivity index (χ4n) is 2.21. The summed E-state index contributed by atoms with van der Waals surface area (Å²) in [6.07, 6.45) is 0.727. The maximum absolute atomic E-state index is 12.2. The molecule has 3 N–H and O–H groups in total. The van der Waals surface area contributed by atoms with E-state index in [1.54, 1.807) is 20.9 Å². The molecule has 0 aliphatic carbocycles. The minimum absolute atomic E-state index is 0.0507. The lowest BCUT2D eigenvalue weighted by Crippen LogP contribution is -2.57. The number of amides is 1. The molecule has 18 heavy (non-hydrogen) atoms. The van der Waals surface area contributed by atoms with E-state index in [1.807, 2.05) is 0 Å². The molecule has 0 bridgehead atoms. The quantitative estimate of drug-likeness (QED) is 0.623. The van der Waals surface area contributed by atoms with Crippen LogP contribution in [0.25, 0.3) is 0 Å². The molecule has 104 valence electrons. The Labute approximate surface area is 107 Å². The number of ether oxygens (including phenoxy) is 1. The maximum Gasteiger partial charge on any atom is 0.329 e. The van der Waals surface area contributed by atoms with E-state index in [9.17, 15) is 14.7 Å². The van der Waals surface area contributed by atoms with Crippen LogP contribution in [0, 0.1) is 5.92 Å². The third kappa shape index (κ3) is 2.81. The molecule has 0 aromatic rings.